The van der Waals surface area contributed by atoms with E-state index >= 15 is 0 Å². The van der Waals surface area contributed by atoms with E-state index in [-0.39, 0.29) is 18.0 Å². The number of ether oxygens (including phenoxy) is 1. The molecule has 0 atom stereocenters. The molecule has 0 saturated carbocycles. The molecule has 1 heterocycles. The highest BCUT2D eigenvalue weighted by Crippen LogP contribution is 2.30. The van der Waals surface area contributed by atoms with Crippen LogP contribution >= 0.6 is 11.8 Å². The highest BCUT2D eigenvalue weighted by molar-refractivity contribution is 7.99. The molecule has 0 aliphatic carbocycles. The molecule has 0 unspecified atom stereocenters. The molecule has 9 nitrogen and oxygen atoms in total. The number of carbonyl (C=O) groups excluding carboxylic acids is 1. The SMILES string of the molecule is COc1ccccc1CNC(=O)CCSc1nnc(-c2cccc([N+](=O)[O-])c2)n1-c1ccccc1. The molecule has 4 aromatic rings. The summed E-state index contributed by atoms with van der Waals surface area (Å²) in [7, 11) is 1.60. The number of aromatic nitrogens is 3. The molecule has 0 saturated heterocycles. The van der Waals surface area contributed by atoms with Crippen molar-refractivity contribution < 1.29 is 14.5 Å². The molecule has 35 heavy (non-hydrogen) atoms. The Hall–Kier alpha value is -4.18. The maximum Gasteiger partial charge on any atom is 0.270 e. The molecule has 10 heteroatoms. The lowest BCUT2D eigenvalue weighted by Gasteiger charge is -2.11. The van der Waals surface area contributed by atoms with Crippen molar-refractivity contribution >= 4 is 23.4 Å². The van der Waals surface area contributed by atoms with Crippen LogP contribution in [0.15, 0.2) is 84.0 Å². The third kappa shape index (κ3) is 5.85. The molecule has 4 rings (SSSR count). The van der Waals surface area contributed by atoms with Gasteiger partial charge in [0.1, 0.15) is 5.75 Å². The number of methoxy groups -OCH3 is 1. The van der Waals surface area contributed by atoms with Gasteiger partial charge in [-0.2, -0.15) is 0 Å². The summed E-state index contributed by atoms with van der Waals surface area (Å²) in [6.45, 7) is 0.380. The van der Waals surface area contributed by atoms with E-state index in [1.807, 2.05) is 59.2 Å². The van der Waals surface area contributed by atoms with Crippen molar-refractivity contribution in [1.29, 1.82) is 0 Å². The first-order chi connectivity index (χ1) is 17.1. The third-order valence-electron chi connectivity index (χ3n) is 5.19. The van der Waals surface area contributed by atoms with Gasteiger partial charge < -0.3 is 10.1 Å². The van der Waals surface area contributed by atoms with Crippen LogP contribution in [0.2, 0.25) is 0 Å². The van der Waals surface area contributed by atoms with E-state index in [2.05, 4.69) is 15.5 Å². The monoisotopic (exact) mass is 489 g/mol. The summed E-state index contributed by atoms with van der Waals surface area (Å²) < 4.78 is 7.16. The maximum absolute atomic E-state index is 12.4. The van der Waals surface area contributed by atoms with Crippen LogP contribution < -0.4 is 10.1 Å². The highest BCUT2D eigenvalue weighted by Gasteiger charge is 2.18. The van der Waals surface area contributed by atoms with Crippen LogP contribution in [-0.4, -0.2) is 38.5 Å². The first kappa shape index (κ1) is 24.0. The molecular weight excluding hydrogens is 466 g/mol. The van der Waals surface area contributed by atoms with Gasteiger partial charge >= 0.3 is 0 Å². The Morgan fingerprint density at radius 2 is 1.83 bits per heavy atom. The number of rotatable bonds is 10. The average Bonchev–Trinajstić information content (AvgIpc) is 3.32. The summed E-state index contributed by atoms with van der Waals surface area (Å²) in [5.41, 5.74) is 2.28. The van der Waals surface area contributed by atoms with E-state index in [1.54, 1.807) is 19.2 Å². The lowest BCUT2D eigenvalue weighted by molar-refractivity contribution is -0.384. The molecule has 178 valence electrons. The number of nitro benzene ring substituents is 1. The zero-order valence-electron chi connectivity index (χ0n) is 19.0. The highest BCUT2D eigenvalue weighted by atomic mass is 32.2. The number of nitro groups is 1. The van der Waals surface area contributed by atoms with Gasteiger partial charge in [-0.25, -0.2) is 0 Å². The second-order valence-corrected chi connectivity index (χ2v) is 8.53. The minimum Gasteiger partial charge on any atom is -0.496 e. The minimum absolute atomic E-state index is 0.0222. The van der Waals surface area contributed by atoms with Crippen LogP contribution in [0.5, 0.6) is 5.75 Å². The predicted molar refractivity (Wildman–Crippen MR) is 134 cm³/mol. The number of benzene rings is 3. The van der Waals surface area contributed by atoms with Crippen molar-refractivity contribution in [3.63, 3.8) is 0 Å². The number of carbonyl (C=O) groups is 1. The van der Waals surface area contributed by atoms with Gasteiger partial charge in [-0.1, -0.05) is 60.3 Å². The Kier molecular flexibility index (Phi) is 7.74. The van der Waals surface area contributed by atoms with E-state index in [0.717, 1.165) is 17.0 Å². The summed E-state index contributed by atoms with van der Waals surface area (Å²) in [4.78, 5) is 23.2. The molecule has 0 aliphatic rings. The van der Waals surface area contributed by atoms with Crippen molar-refractivity contribution in [2.24, 2.45) is 0 Å². The van der Waals surface area contributed by atoms with Gasteiger partial charge in [-0.3, -0.25) is 19.5 Å². The number of hydrogen-bond acceptors (Lipinski definition) is 7. The normalized spacial score (nSPS) is 10.7. The van der Waals surface area contributed by atoms with E-state index in [9.17, 15) is 14.9 Å². The summed E-state index contributed by atoms with van der Waals surface area (Å²) in [6.07, 6.45) is 0.285. The van der Waals surface area contributed by atoms with E-state index in [0.29, 0.717) is 28.8 Å². The molecule has 0 radical (unpaired) electrons. The van der Waals surface area contributed by atoms with Gasteiger partial charge in [0.15, 0.2) is 11.0 Å². The Balaban J connectivity index is 1.47. The van der Waals surface area contributed by atoms with Gasteiger partial charge in [0.2, 0.25) is 5.91 Å². The second kappa shape index (κ2) is 11.3. The maximum atomic E-state index is 12.4. The van der Waals surface area contributed by atoms with Crippen LogP contribution in [0.25, 0.3) is 17.1 Å². The molecule has 1 N–H and O–H groups in total. The van der Waals surface area contributed by atoms with Crippen molar-refractivity contribution in [3.05, 3.63) is 94.5 Å². The Morgan fingerprint density at radius 1 is 1.06 bits per heavy atom. The first-order valence-corrected chi connectivity index (χ1v) is 11.8. The molecule has 0 fully saturated rings. The number of hydrogen-bond donors (Lipinski definition) is 1. The van der Waals surface area contributed by atoms with Crippen molar-refractivity contribution in [2.45, 2.75) is 18.1 Å². The summed E-state index contributed by atoms with van der Waals surface area (Å²) in [6, 6.07) is 23.3. The van der Waals surface area contributed by atoms with Gasteiger partial charge in [0.25, 0.3) is 5.69 Å². The zero-order chi connectivity index (χ0) is 24.6. The van der Waals surface area contributed by atoms with E-state index < -0.39 is 4.92 Å². The lowest BCUT2D eigenvalue weighted by atomic mass is 10.2. The number of para-hydroxylation sites is 2. The van der Waals surface area contributed by atoms with Crippen LogP contribution in [-0.2, 0) is 11.3 Å². The van der Waals surface area contributed by atoms with E-state index in [4.69, 9.17) is 4.74 Å². The molecule has 0 bridgehead atoms. The predicted octanol–water partition coefficient (Wildman–Crippen LogP) is 4.65. The summed E-state index contributed by atoms with van der Waals surface area (Å²) >= 11 is 1.40. The molecule has 1 amide bonds. The Labute approximate surface area is 206 Å². The quantitative estimate of drug-likeness (QED) is 0.196. The largest absolute Gasteiger partial charge is 0.496 e. The van der Waals surface area contributed by atoms with Gasteiger partial charge in [0.05, 0.1) is 12.0 Å². The molecule has 0 aliphatic heterocycles. The number of thioether (sulfide) groups is 1. The second-order valence-electron chi connectivity index (χ2n) is 7.47. The number of nitrogens with zero attached hydrogens (tertiary/aromatic N) is 4. The van der Waals surface area contributed by atoms with Crippen molar-refractivity contribution in [1.82, 2.24) is 20.1 Å². The van der Waals surface area contributed by atoms with Gasteiger partial charge in [0, 0.05) is 47.7 Å². The van der Waals surface area contributed by atoms with Crippen LogP contribution in [0, 0.1) is 10.1 Å². The topological polar surface area (TPSA) is 112 Å². The number of non-ortho nitro benzene ring substituents is 1. The minimum atomic E-state index is -0.438. The van der Waals surface area contributed by atoms with Gasteiger partial charge in [-0.15, -0.1) is 10.2 Å². The summed E-state index contributed by atoms with van der Waals surface area (Å²) in [5.74, 6) is 1.61. The molecule has 3 aromatic carbocycles. The number of amides is 1. The molecule has 0 spiro atoms. The lowest BCUT2D eigenvalue weighted by Crippen LogP contribution is -2.23. The fraction of sp³-hybridized carbons (Fsp3) is 0.160. The Bertz CT molecular complexity index is 1330. The molecular formula is C25H23N5O4S. The fourth-order valence-corrected chi connectivity index (χ4v) is 4.37. The fourth-order valence-electron chi connectivity index (χ4n) is 3.49. The smallest absolute Gasteiger partial charge is 0.270 e. The van der Waals surface area contributed by atoms with Gasteiger partial charge in [-0.05, 0) is 18.2 Å². The molecule has 1 aromatic heterocycles. The van der Waals surface area contributed by atoms with Crippen LogP contribution in [0.3, 0.4) is 0 Å². The van der Waals surface area contributed by atoms with Crippen LogP contribution in [0.4, 0.5) is 5.69 Å². The Morgan fingerprint density at radius 3 is 2.60 bits per heavy atom. The van der Waals surface area contributed by atoms with Crippen molar-refractivity contribution in [2.75, 3.05) is 12.9 Å². The van der Waals surface area contributed by atoms with E-state index in [1.165, 1.54) is 23.9 Å². The number of nitrogens with one attached hydrogen (secondary N) is 1. The average molecular weight is 490 g/mol. The first-order valence-electron chi connectivity index (χ1n) is 10.8. The summed E-state index contributed by atoms with van der Waals surface area (Å²) in [5, 5.41) is 23.4. The standard InChI is InChI=1S/C25H23N5O4S/c1-34-22-13-6-5-8-19(22)17-26-23(31)14-15-35-25-28-27-24(29(25)20-10-3-2-4-11-20)18-9-7-12-21(16-18)30(32)33/h2-13,16H,14-15,17H2,1H3,(H,26,31). The van der Waals surface area contributed by atoms with Crippen molar-refractivity contribution in [3.8, 4) is 22.8 Å². The third-order valence-corrected chi connectivity index (χ3v) is 6.12. The zero-order valence-corrected chi connectivity index (χ0v) is 19.8. The van der Waals surface area contributed by atoms with Crippen LogP contribution in [0.1, 0.15) is 12.0 Å².